The Morgan fingerprint density at radius 2 is 2.24 bits per heavy atom. The number of allylic oxidation sites excluding steroid dienone is 2. The quantitative estimate of drug-likeness (QED) is 0.626. The minimum atomic E-state index is -0.872. The molecule has 1 N–H and O–H groups in total. The van der Waals surface area contributed by atoms with Gasteiger partial charge in [0.25, 0.3) is 0 Å². The smallest absolute Gasteiger partial charge is 0.331 e. The lowest BCUT2D eigenvalue weighted by molar-refractivity contribution is -0.132. The molecule has 1 aromatic rings. The summed E-state index contributed by atoms with van der Waals surface area (Å²) in [5.41, 5.74) is 1.37. The minimum absolute atomic E-state index is 0.393. The normalized spacial score (nSPS) is 11.8. The third-order valence-electron chi connectivity index (χ3n) is 2.34. The van der Waals surface area contributed by atoms with Crippen molar-refractivity contribution < 1.29 is 14.6 Å². The largest absolute Gasteiger partial charge is 0.497 e. The van der Waals surface area contributed by atoms with Crippen molar-refractivity contribution in [1.82, 2.24) is 0 Å². The van der Waals surface area contributed by atoms with Gasteiger partial charge in [-0.2, -0.15) is 0 Å². The van der Waals surface area contributed by atoms with Gasteiger partial charge in [-0.05, 0) is 24.1 Å². The Morgan fingerprint density at radius 1 is 1.47 bits per heavy atom. The lowest BCUT2D eigenvalue weighted by Gasteiger charge is -1.99. The second kappa shape index (κ2) is 6.53. The van der Waals surface area contributed by atoms with Gasteiger partial charge in [-0.25, -0.2) is 4.79 Å². The van der Waals surface area contributed by atoms with Crippen molar-refractivity contribution in [2.45, 2.75) is 13.3 Å². The van der Waals surface area contributed by atoms with Crippen molar-refractivity contribution in [3.05, 3.63) is 47.6 Å². The van der Waals surface area contributed by atoms with E-state index in [1.807, 2.05) is 37.3 Å². The predicted octanol–water partition coefficient (Wildman–Crippen LogP) is 3.13. The number of benzene rings is 1. The Hall–Kier alpha value is -2.03. The lowest BCUT2D eigenvalue weighted by atomic mass is 10.1. The first-order valence-electron chi connectivity index (χ1n) is 5.42. The molecule has 17 heavy (non-hydrogen) atoms. The molecule has 0 aliphatic heterocycles. The molecule has 0 aliphatic carbocycles. The van der Waals surface area contributed by atoms with E-state index in [2.05, 4.69) is 0 Å². The van der Waals surface area contributed by atoms with E-state index in [0.29, 0.717) is 12.0 Å². The number of ether oxygens (including phenoxy) is 1. The van der Waals surface area contributed by atoms with Crippen molar-refractivity contribution in [3.8, 4) is 5.75 Å². The molecule has 0 amide bonds. The van der Waals surface area contributed by atoms with Crippen LogP contribution in [0.4, 0.5) is 0 Å². The van der Waals surface area contributed by atoms with Crippen molar-refractivity contribution in [1.29, 1.82) is 0 Å². The molecule has 0 saturated heterocycles. The monoisotopic (exact) mass is 232 g/mol. The van der Waals surface area contributed by atoms with Gasteiger partial charge in [-0.3, -0.25) is 0 Å². The van der Waals surface area contributed by atoms with Crippen LogP contribution in [0.25, 0.3) is 6.08 Å². The second-order valence-electron chi connectivity index (χ2n) is 3.49. The van der Waals surface area contributed by atoms with Gasteiger partial charge in [0, 0.05) is 5.57 Å². The molecular weight excluding hydrogens is 216 g/mol. The highest BCUT2D eigenvalue weighted by atomic mass is 16.5. The summed E-state index contributed by atoms with van der Waals surface area (Å²) in [6.45, 7) is 1.82. The van der Waals surface area contributed by atoms with Crippen molar-refractivity contribution in [2.24, 2.45) is 0 Å². The van der Waals surface area contributed by atoms with E-state index in [1.54, 1.807) is 19.3 Å². The molecule has 0 aliphatic rings. The number of carbonyl (C=O) groups is 1. The second-order valence-corrected chi connectivity index (χ2v) is 3.49. The number of aliphatic carboxylic acids is 1. The standard InChI is InChI=1S/C14H16O3/c1-3-12(14(15)16)8-4-6-11-7-5-9-13(10-11)17-2/h4-10H,3H2,1-2H3,(H,15,16). The third-order valence-corrected chi connectivity index (χ3v) is 2.34. The average molecular weight is 232 g/mol. The van der Waals surface area contributed by atoms with Crippen LogP contribution in [-0.2, 0) is 4.79 Å². The van der Waals surface area contributed by atoms with Crippen LogP contribution in [0.15, 0.2) is 42.0 Å². The van der Waals surface area contributed by atoms with E-state index in [-0.39, 0.29) is 0 Å². The topological polar surface area (TPSA) is 46.5 Å². The molecule has 0 unspecified atom stereocenters. The molecule has 0 spiro atoms. The molecule has 3 heteroatoms. The molecule has 0 radical (unpaired) electrons. The molecule has 0 saturated carbocycles. The van der Waals surface area contributed by atoms with Gasteiger partial charge in [-0.1, -0.05) is 37.3 Å². The fourth-order valence-corrected chi connectivity index (χ4v) is 1.36. The highest BCUT2D eigenvalue weighted by Gasteiger charge is 2.01. The Bertz CT molecular complexity index is 445. The zero-order chi connectivity index (χ0) is 12.7. The third kappa shape index (κ3) is 4.15. The zero-order valence-corrected chi connectivity index (χ0v) is 10.0. The summed E-state index contributed by atoms with van der Waals surface area (Å²) in [6, 6.07) is 7.57. The van der Waals surface area contributed by atoms with Gasteiger partial charge < -0.3 is 9.84 Å². The fraction of sp³-hybridized carbons (Fsp3) is 0.214. The summed E-state index contributed by atoms with van der Waals surface area (Å²) < 4.78 is 5.10. The Balaban J connectivity index is 2.79. The number of rotatable bonds is 5. The molecule has 0 heterocycles. The number of carboxylic acids is 1. The molecule has 0 atom stereocenters. The van der Waals surface area contributed by atoms with Gasteiger partial charge >= 0.3 is 5.97 Å². The van der Waals surface area contributed by atoms with Crippen LogP contribution in [0, 0.1) is 0 Å². The maximum Gasteiger partial charge on any atom is 0.331 e. The summed E-state index contributed by atoms with van der Waals surface area (Å²) in [4.78, 5) is 10.8. The maximum atomic E-state index is 10.8. The first kappa shape index (κ1) is 13.0. The van der Waals surface area contributed by atoms with Crippen LogP contribution in [0.1, 0.15) is 18.9 Å². The highest BCUT2D eigenvalue weighted by molar-refractivity contribution is 5.87. The zero-order valence-electron chi connectivity index (χ0n) is 10.0. The molecule has 90 valence electrons. The van der Waals surface area contributed by atoms with Crippen LogP contribution in [0.3, 0.4) is 0 Å². The van der Waals surface area contributed by atoms with Gasteiger partial charge in [0.2, 0.25) is 0 Å². The highest BCUT2D eigenvalue weighted by Crippen LogP contribution is 2.13. The molecule has 0 fully saturated rings. The maximum absolute atomic E-state index is 10.8. The van der Waals surface area contributed by atoms with Crippen LogP contribution >= 0.6 is 0 Å². The summed E-state index contributed by atoms with van der Waals surface area (Å²) in [5, 5.41) is 8.83. The van der Waals surface area contributed by atoms with E-state index in [4.69, 9.17) is 9.84 Å². The first-order valence-corrected chi connectivity index (χ1v) is 5.42. The summed E-state index contributed by atoms with van der Waals surface area (Å²) in [6.07, 6.45) is 5.71. The fourth-order valence-electron chi connectivity index (χ4n) is 1.36. The Labute approximate surface area is 101 Å². The van der Waals surface area contributed by atoms with Gasteiger partial charge in [0.15, 0.2) is 0 Å². The van der Waals surface area contributed by atoms with Crippen LogP contribution in [-0.4, -0.2) is 18.2 Å². The van der Waals surface area contributed by atoms with Crippen LogP contribution in [0.5, 0.6) is 5.75 Å². The minimum Gasteiger partial charge on any atom is -0.497 e. The molecule has 3 nitrogen and oxygen atoms in total. The van der Waals surface area contributed by atoms with Gasteiger partial charge in [0.05, 0.1) is 7.11 Å². The van der Waals surface area contributed by atoms with Crippen LogP contribution in [0.2, 0.25) is 0 Å². The predicted molar refractivity (Wildman–Crippen MR) is 68.0 cm³/mol. The van der Waals surface area contributed by atoms with E-state index in [1.165, 1.54) is 0 Å². The van der Waals surface area contributed by atoms with Crippen molar-refractivity contribution >= 4 is 12.0 Å². The van der Waals surface area contributed by atoms with Gasteiger partial charge in [-0.15, -0.1) is 0 Å². The van der Waals surface area contributed by atoms with E-state index in [0.717, 1.165) is 11.3 Å². The first-order chi connectivity index (χ1) is 8.17. The number of hydrogen-bond acceptors (Lipinski definition) is 2. The van der Waals surface area contributed by atoms with Crippen molar-refractivity contribution in [3.63, 3.8) is 0 Å². The van der Waals surface area contributed by atoms with E-state index in [9.17, 15) is 4.79 Å². The Morgan fingerprint density at radius 3 is 2.82 bits per heavy atom. The molecule has 0 aromatic heterocycles. The summed E-state index contributed by atoms with van der Waals surface area (Å²) >= 11 is 0. The van der Waals surface area contributed by atoms with Crippen molar-refractivity contribution in [2.75, 3.05) is 7.11 Å². The molecule has 1 aromatic carbocycles. The Kier molecular flexibility index (Phi) is 5.01. The van der Waals surface area contributed by atoms with E-state index >= 15 is 0 Å². The molecular formula is C14H16O3. The number of carboxylic acid groups (broad SMARTS) is 1. The van der Waals surface area contributed by atoms with Crippen LogP contribution < -0.4 is 4.74 Å². The SMILES string of the molecule is CCC(=CC=Cc1cccc(OC)c1)C(=O)O. The van der Waals surface area contributed by atoms with E-state index < -0.39 is 5.97 Å². The number of methoxy groups -OCH3 is 1. The molecule has 0 bridgehead atoms. The summed E-state index contributed by atoms with van der Waals surface area (Å²) in [7, 11) is 1.61. The average Bonchev–Trinajstić information content (AvgIpc) is 2.34. The number of hydrogen-bond donors (Lipinski definition) is 1. The lowest BCUT2D eigenvalue weighted by Crippen LogP contribution is -1.97. The van der Waals surface area contributed by atoms with Gasteiger partial charge in [0.1, 0.15) is 5.75 Å². The molecule has 1 rings (SSSR count). The summed E-state index contributed by atoms with van der Waals surface area (Å²) in [5.74, 6) is -0.0899.